The van der Waals surface area contributed by atoms with E-state index in [4.69, 9.17) is 5.11 Å². The van der Waals surface area contributed by atoms with Crippen molar-refractivity contribution in [3.05, 3.63) is 35.9 Å². The summed E-state index contributed by atoms with van der Waals surface area (Å²) in [4.78, 5) is 13.2. The Kier molecular flexibility index (Phi) is 3.25. The Labute approximate surface area is 95.7 Å². The standard InChI is InChI=1S/C13H17NO2/c1-10(11-6-3-2-4-7-11)14-9-5-8-12(14)13(15)16/h2-4,6-7,10,12H,5,8-9H2,1H3,(H,15,16)/t10?,12-/m0/s1. The lowest BCUT2D eigenvalue weighted by atomic mass is 10.1. The van der Waals surface area contributed by atoms with Crippen molar-refractivity contribution >= 4 is 5.97 Å². The van der Waals surface area contributed by atoms with Crippen LogP contribution in [0.5, 0.6) is 0 Å². The number of likely N-dealkylation sites (tertiary alicyclic amines) is 1. The van der Waals surface area contributed by atoms with Crippen LogP contribution in [0.25, 0.3) is 0 Å². The smallest absolute Gasteiger partial charge is 0.320 e. The average molecular weight is 219 g/mol. The van der Waals surface area contributed by atoms with E-state index in [2.05, 4.69) is 24.0 Å². The van der Waals surface area contributed by atoms with Crippen molar-refractivity contribution in [1.29, 1.82) is 0 Å². The van der Waals surface area contributed by atoms with Crippen LogP contribution in [0.1, 0.15) is 31.4 Å². The van der Waals surface area contributed by atoms with E-state index < -0.39 is 5.97 Å². The second-order valence-corrected chi connectivity index (χ2v) is 4.32. The van der Waals surface area contributed by atoms with E-state index in [1.54, 1.807) is 0 Å². The molecule has 1 aromatic carbocycles. The van der Waals surface area contributed by atoms with Gasteiger partial charge in [0.25, 0.3) is 0 Å². The minimum atomic E-state index is -0.694. The van der Waals surface area contributed by atoms with E-state index in [1.165, 1.54) is 5.56 Å². The number of carboxylic acid groups (broad SMARTS) is 1. The molecule has 0 spiro atoms. The molecule has 1 saturated heterocycles. The van der Waals surface area contributed by atoms with E-state index in [0.29, 0.717) is 0 Å². The largest absolute Gasteiger partial charge is 0.480 e. The normalized spacial score (nSPS) is 23.2. The first-order chi connectivity index (χ1) is 7.70. The van der Waals surface area contributed by atoms with Crippen LogP contribution in [-0.2, 0) is 4.79 Å². The average Bonchev–Trinajstić information content (AvgIpc) is 2.78. The topological polar surface area (TPSA) is 40.5 Å². The zero-order chi connectivity index (χ0) is 11.5. The molecule has 2 rings (SSSR count). The molecule has 1 aliphatic heterocycles. The highest BCUT2D eigenvalue weighted by molar-refractivity contribution is 5.73. The molecule has 0 radical (unpaired) electrons. The van der Waals surface area contributed by atoms with Crippen molar-refractivity contribution in [3.8, 4) is 0 Å². The fraction of sp³-hybridized carbons (Fsp3) is 0.462. The molecule has 1 aliphatic rings. The third-order valence-electron chi connectivity index (χ3n) is 3.36. The molecule has 1 heterocycles. The van der Waals surface area contributed by atoms with Crippen molar-refractivity contribution in [2.45, 2.75) is 31.8 Å². The van der Waals surface area contributed by atoms with Gasteiger partial charge in [-0.15, -0.1) is 0 Å². The maximum Gasteiger partial charge on any atom is 0.320 e. The van der Waals surface area contributed by atoms with Gasteiger partial charge in [-0.05, 0) is 31.9 Å². The number of aliphatic carboxylic acids is 1. The molecule has 16 heavy (non-hydrogen) atoms. The van der Waals surface area contributed by atoms with E-state index in [0.717, 1.165) is 19.4 Å². The van der Waals surface area contributed by atoms with E-state index in [-0.39, 0.29) is 12.1 Å². The van der Waals surface area contributed by atoms with Crippen LogP contribution in [0, 0.1) is 0 Å². The maximum absolute atomic E-state index is 11.1. The molecule has 0 aromatic heterocycles. The number of rotatable bonds is 3. The highest BCUT2D eigenvalue weighted by Gasteiger charge is 2.33. The molecule has 3 heteroatoms. The van der Waals surface area contributed by atoms with Gasteiger partial charge in [0.1, 0.15) is 6.04 Å². The van der Waals surface area contributed by atoms with Gasteiger partial charge in [0.15, 0.2) is 0 Å². The van der Waals surface area contributed by atoms with Gasteiger partial charge in [0, 0.05) is 6.04 Å². The van der Waals surface area contributed by atoms with Crippen LogP contribution >= 0.6 is 0 Å². The molecule has 1 aromatic rings. The fourth-order valence-corrected chi connectivity index (χ4v) is 2.44. The Bertz CT molecular complexity index is 363. The first-order valence-electron chi connectivity index (χ1n) is 5.73. The van der Waals surface area contributed by atoms with Gasteiger partial charge < -0.3 is 5.11 Å². The summed E-state index contributed by atoms with van der Waals surface area (Å²) in [6, 6.07) is 9.97. The SMILES string of the molecule is CC(c1ccccc1)N1CCC[C@H]1C(=O)O. The van der Waals surface area contributed by atoms with Crippen molar-refractivity contribution < 1.29 is 9.90 Å². The first kappa shape index (κ1) is 11.1. The summed E-state index contributed by atoms with van der Waals surface area (Å²) in [6.45, 7) is 2.96. The van der Waals surface area contributed by atoms with Crippen molar-refractivity contribution in [3.63, 3.8) is 0 Å². The van der Waals surface area contributed by atoms with Crippen LogP contribution in [0.15, 0.2) is 30.3 Å². The molecule has 0 bridgehead atoms. The van der Waals surface area contributed by atoms with Gasteiger partial charge >= 0.3 is 5.97 Å². The molecular formula is C13H17NO2. The predicted molar refractivity (Wildman–Crippen MR) is 62.2 cm³/mol. The molecule has 0 aliphatic carbocycles. The lowest BCUT2D eigenvalue weighted by Crippen LogP contribution is -2.37. The van der Waals surface area contributed by atoms with Gasteiger partial charge in [-0.1, -0.05) is 30.3 Å². The Morgan fingerprint density at radius 2 is 2.12 bits per heavy atom. The van der Waals surface area contributed by atoms with Gasteiger partial charge in [0.05, 0.1) is 0 Å². The molecule has 1 N–H and O–H groups in total. The van der Waals surface area contributed by atoms with E-state index >= 15 is 0 Å². The number of hydrogen-bond acceptors (Lipinski definition) is 2. The van der Waals surface area contributed by atoms with Crippen LogP contribution in [0.3, 0.4) is 0 Å². The summed E-state index contributed by atoms with van der Waals surface area (Å²) in [7, 11) is 0. The van der Waals surface area contributed by atoms with Gasteiger partial charge in [-0.3, -0.25) is 9.69 Å². The molecule has 3 nitrogen and oxygen atoms in total. The lowest BCUT2D eigenvalue weighted by molar-refractivity contribution is -0.142. The summed E-state index contributed by atoms with van der Waals surface area (Å²) < 4.78 is 0. The van der Waals surface area contributed by atoms with E-state index in [9.17, 15) is 4.79 Å². The monoisotopic (exact) mass is 219 g/mol. The Morgan fingerprint density at radius 3 is 2.75 bits per heavy atom. The number of nitrogens with zero attached hydrogens (tertiary/aromatic N) is 1. The number of benzene rings is 1. The second kappa shape index (κ2) is 4.66. The summed E-state index contributed by atoms with van der Waals surface area (Å²) in [6.07, 6.45) is 1.75. The number of hydrogen-bond donors (Lipinski definition) is 1. The van der Waals surface area contributed by atoms with Crippen LogP contribution in [0.4, 0.5) is 0 Å². The molecule has 2 atom stereocenters. The summed E-state index contributed by atoms with van der Waals surface area (Å²) >= 11 is 0. The highest BCUT2D eigenvalue weighted by atomic mass is 16.4. The third kappa shape index (κ3) is 2.09. The van der Waals surface area contributed by atoms with Crippen molar-refractivity contribution in [2.24, 2.45) is 0 Å². The van der Waals surface area contributed by atoms with Crippen LogP contribution in [0.2, 0.25) is 0 Å². The fourth-order valence-electron chi connectivity index (χ4n) is 2.44. The molecular weight excluding hydrogens is 202 g/mol. The molecule has 0 saturated carbocycles. The van der Waals surface area contributed by atoms with Gasteiger partial charge in [-0.25, -0.2) is 0 Å². The molecule has 0 amide bonds. The van der Waals surface area contributed by atoms with Gasteiger partial charge in [0.2, 0.25) is 0 Å². The minimum absolute atomic E-state index is 0.185. The van der Waals surface area contributed by atoms with Crippen molar-refractivity contribution in [1.82, 2.24) is 4.90 Å². The first-order valence-corrected chi connectivity index (χ1v) is 5.73. The second-order valence-electron chi connectivity index (χ2n) is 4.32. The Balaban J connectivity index is 2.15. The zero-order valence-corrected chi connectivity index (χ0v) is 9.47. The molecule has 1 fully saturated rings. The molecule has 86 valence electrons. The Morgan fingerprint density at radius 1 is 1.44 bits per heavy atom. The minimum Gasteiger partial charge on any atom is -0.480 e. The van der Waals surface area contributed by atoms with Crippen LogP contribution < -0.4 is 0 Å². The van der Waals surface area contributed by atoms with Gasteiger partial charge in [-0.2, -0.15) is 0 Å². The van der Waals surface area contributed by atoms with Crippen LogP contribution in [-0.4, -0.2) is 28.6 Å². The zero-order valence-electron chi connectivity index (χ0n) is 9.47. The summed E-state index contributed by atoms with van der Waals surface area (Å²) in [5.74, 6) is -0.694. The Hall–Kier alpha value is -1.35. The number of carbonyl (C=O) groups is 1. The number of carboxylic acids is 1. The van der Waals surface area contributed by atoms with Crippen molar-refractivity contribution in [2.75, 3.05) is 6.54 Å². The lowest BCUT2D eigenvalue weighted by Gasteiger charge is -2.28. The highest BCUT2D eigenvalue weighted by Crippen LogP contribution is 2.28. The third-order valence-corrected chi connectivity index (χ3v) is 3.36. The van der Waals surface area contributed by atoms with E-state index in [1.807, 2.05) is 18.2 Å². The summed E-state index contributed by atoms with van der Waals surface area (Å²) in [5, 5.41) is 9.14. The molecule has 1 unspecified atom stereocenters. The predicted octanol–water partition coefficient (Wildman–Crippen LogP) is 2.30. The summed E-state index contributed by atoms with van der Waals surface area (Å²) in [5.41, 5.74) is 1.19. The maximum atomic E-state index is 11.1. The quantitative estimate of drug-likeness (QED) is 0.848.